The highest BCUT2D eigenvalue weighted by Crippen LogP contribution is 2.40. The molecule has 2 nitrogen and oxygen atoms in total. The first-order valence-electron chi connectivity index (χ1n) is 5.78. The maximum atomic E-state index is 4.65. The largest absolute Gasteiger partial charge is 0.308 e. The van der Waals surface area contributed by atoms with Crippen molar-refractivity contribution >= 4 is 11.3 Å². The van der Waals surface area contributed by atoms with E-state index in [4.69, 9.17) is 0 Å². The third-order valence-electron chi connectivity index (χ3n) is 3.75. The van der Waals surface area contributed by atoms with Crippen molar-refractivity contribution in [3.8, 4) is 0 Å². The first-order chi connectivity index (χ1) is 7.16. The number of nitrogens with one attached hydrogen (secondary N) is 1. The topological polar surface area (TPSA) is 24.9 Å². The Morgan fingerprint density at radius 2 is 2.13 bits per heavy atom. The first kappa shape index (κ1) is 11.1. The number of hydrogen-bond acceptors (Lipinski definition) is 3. The zero-order valence-electron chi connectivity index (χ0n) is 9.84. The predicted molar refractivity (Wildman–Crippen MR) is 65.2 cm³/mol. The highest BCUT2D eigenvalue weighted by atomic mass is 32.1. The minimum absolute atomic E-state index is 0.0927. The number of hydrogen-bond donors (Lipinski definition) is 1. The number of rotatable bonds is 3. The standard InChI is InChI=1S/C12H20N2S/c1-9-8-15-11(14-9)12(2,13-3)10-6-4-5-7-10/h8,10,13H,4-7H2,1-3H3. The number of thiazole rings is 1. The molecule has 3 heteroatoms. The molecule has 0 amide bonds. The molecule has 0 saturated heterocycles. The molecular formula is C12H20N2S. The van der Waals surface area contributed by atoms with Crippen LogP contribution in [0.25, 0.3) is 0 Å². The van der Waals surface area contributed by atoms with Crippen LogP contribution in [0.3, 0.4) is 0 Å². The average Bonchev–Trinajstić information content (AvgIpc) is 2.87. The van der Waals surface area contributed by atoms with Crippen LogP contribution >= 0.6 is 11.3 Å². The Bertz CT molecular complexity index is 328. The van der Waals surface area contributed by atoms with E-state index in [0.717, 1.165) is 11.6 Å². The smallest absolute Gasteiger partial charge is 0.113 e. The molecule has 1 aliphatic carbocycles. The van der Waals surface area contributed by atoms with Crippen LogP contribution in [0.1, 0.15) is 43.3 Å². The van der Waals surface area contributed by atoms with E-state index in [2.05, 4.69) is 36.6 Å². The molecule has 15 heavy (non-hydrogen) atoms. The summed E-state index contributed by atoms with van der Waals surface area (Å²) in [5.74, 6) is 0.757. The molecule has 0 aromatic carbocycles. The lowest BCUT2D eigenvalue weighted by molar-refractivity contribution is 0.251. The van der Waals surface area contributed by atoms with Crippen molar-refractivity contribution in [1.82, 2.24) is 10.3 Å². The molecule has 1 heterocycles. The van der Waals surface area contributed by atoms with E-state index in [1.54, 1.807) is 11.3 Å². The SMILES string of the molecule is CNC(C)(c1nc(C)cs1)C1CCCC1. The molecule has 1 aromatic rings. The summed E-state index contributed by atoms with van der Waals surface area (Å²) in [6.45, 7) is 4.38. The second-order valence-electron chi connectivity index (χ2n) is 4.73. The molecule has 2 rings (SSSR count). The molecule has 0 aliphatic heterocycles. The van der Waals surface area contributed by atoms with Gasteiger partial charge in [0.15, 0.2) is 0 Å². The van der Waals surface area contributed by atoms with Gasteiger partial charge in [-0.2, -0.15) is 0 Å². The van der Waals surface area contributed by atoms with Crippen molar-refractivity contribution in [1.29, 1.82) is 0 Å². The van der Waals surface area contributed by atoms with Gasteiger partial charge >= 0.3 is 0 Å². The van der Waals surface area contributed by atoms with Gasteiger partial charge in [0.05, 0.1) is 5.54 Å². The summed E-state index contributed by atoms with van der Waals surface area (Å²) in [6.07, 6.45) is 5.45. The van der Waals surface area contributed by atoms with Crippen LogP contribution in [0.15, 0.2) is 5.38 Å². The fourth-order valence-corrected chi connectivity index (χ4v) is 3.63. The van der Waals surface area contributed by atoms with E-state index >= 15 is 0 Å². The second kappa shape index (κ2) is 4.22. The highest BCUT2D eigenvalue weighted by molar-refractivity contribution is 7.09. The molecule has 1 unspecified atom stereocenters. The summed E-state index contributed by atoms with van der Waals surface area (Å²) in [5.41, 5.74) is 1.24. The predicted octanol–water partition coefficient (Wildman–Crippen LogP) is 3.08. The fraction of sp³-hybridized carbons (Fsp3) is 0.750. The molecular weight excluding hydrogens is 204 g/mol. The fourth-order valence-electron chi connectivity index (χ4n) is 2.58. The lowest BCUT2D eigenvalue weighted by atomic mass is 9.85. The Morgan fingerprint density at radius 3 is 2.60 bits per heavy atom. The van der Waals surface area contributed by atoms with Gasteiger partial charge in [-0.05, 0) is 39.7 Å². The molecule has 0 radical (unpaired) electrons. The molecule has 1 fully saturated rings. The minimum Gasteiger partial charge on any atom is -0.308 e. The van der Waals surface area contributed by atoms with E-state index < -0.39 is 0 Å². The van der Waals surface area contributed by atoms with Gasteiger partial charge in [0.2, 0.25) is 0 Å². The Balaban J connectivity index is 2.27. The van der Waals surface area contributed by atoms with Crippen LogP contribution in [0.5, 0.6) is 0 Å². The van der Waals surface area contributed by atoms with E-state index in [1.165, 1.54) is 30.7 Å². The lowest BCUT2D eigenvalue weighted by Gasteiger charge is -2.33. The Hall–Kier alpha value is -0.410. The van der Waals surface area contributed by atoms with Crippen LogP contribution in [-0.4, -0.2) is 12.0 Å². The van der Waals surface area contributed by atoms with Gasteiger partial charge < -0.3 is 5.32 Å². The van der Waals surface area contributed by atoms with Gasteiger partial charge in [-0.3, -0.25) is 0 Å². The molecule has 0 bridgehead atoms. The van der Waals surface area contributed by atoms with Gasteiger partial charge in [0, 0.05) is 11.1 Å². The molecule has 1 aromatic heterocycles. The highest BCUT2D eigenvalue weighted by Gasteiger charge is 2.38. The molecule has 1 N–H and O–H groups in total. The quantitative estimate of drug-likeness (QED) is 0.853. The molecule has 84 valence electrons. The Kier molecular flexibility index (Phi) is 3.12. The minimum atomic E-state index is 0.0927. The Morgan fingerprint density at radius 1 is 1.47 bits per heavy atom. The van der Waals surface area contributed by atoms with Crippen LogP contribution in [0.4, 0.5) is 0 Å². The normalized spacial score (nSPS) is 21.8. The van der Waals surface area contributed by atoms with Crippen LogP contribution in [-0.2, 0) is 5.54 Å². The average molecular weight is 224 g/mol. The van der Waals surface area contributed by atoms with E-state index in [9.17, 15) is 0 Å². The van der Waals surface area contributed by atoms with Crippen LogP contribution in [0, 0.1) is 12.8 Å². The molecule has 1 atom stereocenters. The van der Waals surface area contributed by atoms with Crippen molar-refractivity contribution in [3.05, 3.63) is 16.1 Å². The first-order valence-corrected chi connectivity index (χ1v) is 6.66. The Labute approximate surface area is 96.1 Å². The summed E-state index contributed by atoms with van der Waals surface area (Å²) >= 11 is 1.79. The number of aromatic nitrogens is 1. The van der Waals surface area contributed by atoms with Gasteiger partial charge in [-0.15, -0.1) is 11.3 Å². The molecule has 1 saturated carbocycles. The van der Waals surface area contributed by atoms with Crippen molar-refractivity contribution in [2.45, 2.75) is 45.1 Å². The summed E-state index contributed by atoms with van der Waals surface area (Å²) in [4.78, 5) is 4.65. The summed E-state index contributed by atoms with van der Waals surface area (Å²) in [6, 6.07) is 0. The zero-order chi connectivity index (χ0) is 10.9. The maximum Gasteiger partial charge on any atom is 0.113 e. The van der Waals surface area contributed by atoms with Crippen molar-refractivity contribution in [3.63, 3.8) is 0 Å². The van der Waals surface area contributed by atoms with Crippen molar-refractivity contribution in [2.24, 2.45) is 5.92 Å². The lowest BCUT2D eigenvalue weighted by Crippen LogP contribution is -2.43. The molecule has 1 aliphatic rings. The monoisotopic (exact) mass is 224 g/mol. The summed E-state index contributed by atoms with van der Waals surface area (Å²) in [7, 11) is 2.06. The molecule has 0 spiro atoms. The third kappa shape index (κ3) is 1.95. The number of nitrogens with zero attached hydrogens (tertiary/aromatic N) is 1. The van der Waals surface area contributed by atoms with Crippen LogP contribution in [0.2, 0.25) is 0 Å². The van der Waals surface area contributed by atoms with Crippen LogP contribution < -0.4 is 5.32 Å². The number of aryl methyl sites for hydroxylation is 1. The van der Waals surface area contributed by atoms with E-state index in [0.29, 0.717) is 0 Å². The summed E-state index contributed by atoms with van der Waals surface area (Å²) in [5, 5.41) is 6.91. The maximum absolute atomic E-state index is 4.65. The van der Waals surface area contributed by atoms with Gasteiger partial charge in [0.1, 0.15) is 5.01 Å². The third-order valence-corrected chi connectivity index (χ3v) is 4.95. The van der Waals surface area contributed by atoms with Gasteiger partial charge in [0.25, 0.3) is 0 Å². The van der Waals surface area contributed by atoms with Gasteiger partial charge in [-0.25, -0.2) is 4.98 Å². The second-order valence-corrected chi connectivity index (χ2v) is 5.59. The van der Waals surface area contributed by atoms with E-state index in [1.807, 2.05) is 0 Å². The van der Waals surface area contributed by atoms with E-state index in [-0.39, 0.29) is 5.54 Å². The summed E-state index contributed by atoms with van der Waals surface area (Å²) < 4.78 is 0. The van der Waals surface area contributed by atoms with Gasteiger partial charge in [-0.1, -0.05) is 12.8 Å². The van der Waals surface area contributed by atoms with Crippen molar-refractivity contribution in [2.75, 3.05) is 7.05 Å². The zero-order valence-corrected chi connectivity index (χ0v) is 10.7. The van der Waals surface area contributed by atoms with Crippen molar-refractivity contribution < 1.29 is 0 Å².